The molecule has 2 aromatic rings. The van der Waals surface area contributed by atoms with Gasteiger partial charge in [0.15, 0.2) is 11.5 Å². The first kappa shape index (κ1) is 16.8. The molecule has 0 bridgehead atoms. The van der Waals surface area contributed by atoms with Gasteiger partial charge in [-0.15, -0.1) is 0 Å². The van der Waals surface area contributed by atoms with Crippen LogP contribution in [0, 0.1) is 12.7 Å². The van der Waals surface area contributed by atoms with E-state index in [9.17, 15) is 4.39 Å². The molecule has 0 aliphatic carbocycles. The van der Waals surface area contributed by atoms with Gasteiger partial charge < -0.3 is 9.47 Å². The van der Waals surface area contributed by atoms with Gasteiger partial charge in [0, 0.05) is 12.6 Å². The van der Waals surface area contributed by atoms with Crippen molar-refractivity contribution < 1.29 is 13.9 Å². The molecule has 1 radical (unpaired) electrons. The fraction of sp³-hybridized carbons (Fsp3) is 0.350. The number of nitrogens with zero attached hydrogens (tertiary/aromatic N) is 1. The molecule has 1 aliphatic rings. The van der Waals surface area contributed by atoms with Crippen LogP contribution in [0.25, 0.3) is 0 Å². The molecule has 0 N–H and O–H groups in total. The van der Waals surface area contributed by atoms with Gasteiger partial charge in [-0.25, -0.2) is 4.39 Å². The summed E-state index contributed by atoms with van der Waals surface area (Å²) in [6.45, 7) is 5.77. The largest absolute Gasteiger partial charge is 0.493 e. The second kappa shape index (κ2) is 7.22. The number of halogens is 1. The van der Waals surface area contributed by atoms with Crippen molar-refractivity contribution in [1.82, 2.24) is 4.90 Å². The van der Waals surface area contributed by atoms with Crippen molar-refractivity contribution in [3.05, 3.63) is 65.8 Å². The van der Waals surface area contributed by atoms with E-state index in [1.54, 1.807) is 14.2 Å². The van der Waals surface area contributed by atoms with Crippen LogP contribution in [0.15, 0.2) is 36.4 Å². The average molecular weight is 328 g/mol. The second-order valence-electron chi connectivity index (χ2n) is 6.04. The Kier molecular flexibility index (Phi) is 5.05. The number of rotatable bonds is 5. The van der Waals surface area contributed by atoms with Gasteiger partial charge in [-0.2, -0.15) is 0 Å². The Morgan fingerprint density at radius 3 is 2.42 bits per heavy atom. The lowest BCUT2D eigenvalue weighted by Crippen LogP contribution is -2.36. The Balaban J connectivity index is 1.99. The molecule has 1 unspecified atom stereocenters. The van der Waals surface area contributed by atoms with Crippen LogP contribution in [-0.4, -0.2) is 32.2 Å². The van der Waals surface area contributed by atoms with Crippen molar-refractivity contribution in [3.63, 3.8) is 0 Å². The van der Waals surface area contributed by atoms with Crippen LogP contribution in [0.3, 0.4) is 0 Å². The van der Waals surface area contributed by atoms with E-state index in [0.717, 1.165) is 43.0 Å². The normalized spacial score (nSPS) is 17.4. The van der Waals surface area contributed by atoms with Gasteiger partial charge in [-0.1, -0.05) is 12.1 Å². The second-order valence-corrected chi connectivity index (χ2v) is 6.04. The Morgan fingerprint density at radius 2 is 1.79 bits per heavy atom. The molecule has 4 heteroatoms. The number of benzene rings is 2. The lowest BCUT2D eigenvalue weighted by atomic mass is 9.88. The zero-order valence-electron chi connectivity index (χ0n) is 14.2. The van der Waals surface area contributed by atoms with E-state index >= 15 is 0 Å². The minimum atomic E-state index is -0.205. The highest BCUT2D eigenvalue weighted by Crippen LogP contribution is 2.39. The first-order valence-corrected chi connectivity index (χ1v) is 8.18. The summed E-state index contributed by atoms with van der Waals surface area (Å²) in [5.74, 6) is 1.30. The lowest BCUT2D eigenvalue weighted by Gasteiger charge is -2.37. The van der Waals surface area contributed by atoms with Crippen molar-refractivity contribution in [2.45, 2.75) is 18.9 Å². The van der Waals surface area contributed by atoms with Crippen molar-refractivity contribution >= 4 is 0 Å². The van der Waals surface area contributed by atoms with E-state index in [2.05, 4.69) is 24.0 Å². The molecule has 0 saturated heterocycles. The van der Waals surface area contributed by atoms with Crippen molar-refractivity contribution in [2.24, 2.45) is 0 Å². The fourth-order valence-electron chi connectivity index (χ4n) is 3.43. The summed E-state index contributed by atoms with van der Waals surface area (Å²) in [7, 11) is 3.31. The third kappa shape index (κ3) is 3.24. The van der Waals surface area contributed by atoms with Gasteiger partial charge in [0.1, 0.15) is 5.82 Å². The molecule has 3 nitrogen and oxygen atoms in total. The van der Waals surface area contributed by atoms with Crippen LogP contribution in [0.1, 0.15) is 22.7 Å². The molecule has 0 fully saturated rings. The molecule has 3 rings (SSSR count). The monoisotopic (exact) mass is 328 g/mol. The van der Waals surface area contributed by atoms with Gasteiger partial charge in [0.05, 0.1) is 14.2 Å². The predicted molar refractivity (Wildman–Crippen MR) is 93.0 cm³/mol. The van der Waals surface area contributed by atoms with E-state index in [0.29, 0.717) is 0 Å². The minimum absolute atomic E-state index is 0.205. The Morgan fingerprint density at radius 1 is 1.12 bits per heavy atom. The molecular formula is C20H23FNO2. The molecule has 0 spiro atoms. The molecule has 127 valence electrons. The lowest BCUT2D eigenvalue weighted by molar-refractivity contribution is 0.202. The Hall–Kier alpha value is -2.07. The van der Waals surface area contributed by atoms with E-state index in [4.69, 9.17) is 9.47 Å². The molecule has 0 saturated carbocycles. The van der Waals surface area contributed by atoms with Crippen LogP contribution in [0.5, 0.6) is 11.5 Å². The first-order valence-electron chi connectivity index (χ1n) is 8.18. The summed E-state index contributed by atoms with van der Waals surface area (Å²) in [6.07, 6.45) is 1.78. The third-order valence-corrected chi connectivity index (χ3v) is 4.74. The molecule has 0 aromatic heterocycles. The van der Waals surface area contributed by atoms with Gasteiger partial charge in [-0.3, -0.25) is 4.90 Å². The molecular weight excluding hydrogens is 305 g/mol. The highest BCUT2D eigenvalue weighted by atomic mass is 19.1. The Bertz CT molecular complexity index is 700. The maximum atomic E-state index is 13.2. The summed E-state index contributed by atoms with van der Waals surface area (Å²) in [6, 6.07) is 11.1. The quantitative estimate of drug-likeness (QED) is 0.833. The number of fused-ring (bicyclic) bond motifs is 1. The van der Waals surface area contributed by atoms with Crippen LogP contribution in [-0.2, 0) is 12.8 Å². The summed E-state index contributed by atoms with van der Waals surface area (Å²) in [4.78, 5) is 2.36. The van der Waals surface area contributed by atoms with Gasteiger partial charge in [0.25, 0.3) is 0 Å². The number of methoxy groups -OCH3 is 2. The van der Waals surface area contributed by atoms with Gasteiger partial charge >= 0.3 is 0 Å². The maximum absolute atomic E-state index is 13.2. The summed E-state index contributed by atoms with van der Waals surface area (Å²) in [5.41, 5.74) is 3.64. The Labute approximate surface area is 143 Å². The SMILES string of the molecule is [CH2]CN1CCc2cc(OC)c(OC)cc2C1Cc1ccc(F)cc1. The first-order chi connectivity index (χ1) is 11.7. The minimum Gasteiger partial charge on any atom is -0.493 e. The van der Waals surface area contributed by atoms with Crippen molar-refractivity contribution in [3.8, 4) is 11.5 Å². The number of ether oxygens (including phenoxy) is 2. The summed E-state index contributed by atoms with van der Waals surface area (Å²) < 4.78 is 24.1. The molecule has 0 amide bonds. The zero-order chi connectivity index (χ0) is 17.1. The topological polar surface area (TPSA) is 21.7 Å². The van der Waals surface area contributed by atoms with Crippen molar-refractivity contribution in [2.75, 3.05) is 27.3 Å². The molecule has 2 aromatic carbocycles. The van der Waals surface area contributed by atoms with E-state index in [-0.39, 0.29) is 11.9 Å². The standard InChI is InChI=1S/C20H23FNO2/c1-4-22-10-9-15-12-19(23-2)20(24-3)13-17(15)18(22)11-14-5-7-16(21)8-6-14/h5-8,12-13,18H,1,4,9-11H2,2-3H3. The van der Waals surface area contributed by atoms with Crippen LogP contribution >= 0.6 is 0 Å². The predicted octanol–water partition coefficient (Wildman–Crippen LogP) is 3.82. The molecule has 1 aliphatic heterocycles. The number of hydrogen-bond donors (Lipinski definition) is 0. The zero-order valence-corrected chi connectivity index (χ0v) is 14.2. The van der Waals surface area contributed by atoms with Crippen LogP contribution in [0.4, 0.5) is 4.39 Å². The van der Waals surface area contributed by atoms with E-state index < -0.39 is 0 Å². The van der Waals surface area contributed by atoms with Crippen LogP contribution in [0.2, 0.25) is 0 Å². The van der Waals surface area contributed by atoms with E-state index in [1.165, 1.54) is 23.3 Å². The van der Waals surface area contributed by atoms with Gasteiger partial charge in [-0.05, 0) is 67.3 Å². The number of hydrogen-bond acceptors (Lipinski definition) is 3. The highest BCUT2D eigenvalue weighted by molar-refractivity contribution is 5.49. The van der Waals surface area contributed by atoms with E-state index in [1.807, 2.05) is 12.1 Å². The highest BCUT2D eigenvalue weighted by Gasteiger charge is 2.28. The summed E-state index contributed by atoms with van der Waals surface area (Å²) >= 11 is 0. The average Bonchev–Trinajstić information content (AvgIpc) is 2.62. The smallest absolute Gasteiger partial charge is 0.161 e. The van der Waals surface area contributed by atoms with Crippen LogP contribution < -0.4 is 9.47 Å². The molecule has 24 heavy (non-hydrogen) atoms. The summed E-state index contributed by atoms with van der Waals surface area (Å²) in [5, 5.41) is 0. The third-order valence-electron chi connectivity index (χ3n) is 4.74. The van der Waals surface area contributed by atoms with Gasteiger partial charge in [0.2, 0.25) is 0 Å². The molecule has 1 heterocycles. The van der Waals surface area contributed by atoms with Crippen molar-refractivity contribution in [1.29, 1.82) is 0 Å². The molecule has 1 atom stereocenters. The maximum Gasteiger partial charge on any atom is 0.161 e. The fourth-order valence-corrected chi connectivity index (χ4v) is 3.43.